The standard InChI is InChI=1S/C20H26N6OS.HI/c1-3-21-20(24-14-15(2)13-16-7-6-12-28-16)23-11-9-18-25-19(27-26-18)17-8-4-5-10-22-17;/h4-8,10,12,15H,3,9,11,13-14H2,1-2H3,(H2,21,23,24);1H. The van der Waals surface area contributed by atoms with Gasteiger partial charge in [0.1, 0.15) is 5.69 Å². The molecule has 0 aromatic carbocycles. The van der Waals surface area contributed by atoms with E-state index >= 15 is 0 Å². The molecule has 3 rings (SSSR count). The largest absolute Gasteiger partial charge is 0.357 e. The number of rotatable bonds is 9. The molecule has 9 heteroatoms. The van der Waals surface area contributed by atoms with E-state index in [1.165, 1.54) is 4.88 Å². The topological polar surface area (TPSA) is 88.2 Å². The number of aromatic nitrogens is 3. The lowest BCUT2D eigenvalue weighted by Crippen LogP contribution is -2.38. The van der Waals surface area contributed by atoms with Crippen molar-refractivity contribution in [3.63, 3.8) is 0 Å². The van der Waals surface area contributed by atoms with Crippen LogP contribution in [-0.2, 0) is 12.8 Å². The molecule has 29 heavy (non-hydrogen) atoms. The second-order valence-corrected chi connectivity index (χ2v) is 7.55. The summed E-state index contributed by atoms with van der Waals surface area (Å²) in [5.41, 5.74) is 0.684. The average molecular weight is 526 g/mol. The van der Waals surface area contributed by atoms with E-state index in [2.05, 4.69) is 57.1 Å². The minimum absolute atomic E-state index is 0. The van der Waals surface area contributed by atoms with Crippen molar-refractivity contribution in [1.82, 2.24) is 25.8 Å². The van der Waals surface area contributed by atoms with Crippen LogP contribution in [-0.4, -0.2) is 40.7 Å². The molecule has 0 aliphatic carbocycles. The van der Waals surface area contributed by atoms with E-state index in [-0.39, 0.29) is 24.0 Å². The first kappa shape index (κ1) is 23.3. The fraction of sp³-hybridized carbons (Fsp3) is 0.400. The number of nitrogens with zero attached hydrogens (tertiary/aromatic N) is 4. The van der Waals surface area contributed by atoms with Gasteiger partial charge >= 0.3 is 0 Å². The summed E-state index contributed by atoms with van der Waals surface area (Å²) in [5.74, 6) is 2.40. The molecule has 1 unspecified atom stereocenters. The molecule has 2 N–H and O–H groups in total. The molecule has 156 valence electrons. The lowest BCUT2D eigenvalue weighted by Gasteiger charge is -2.12. The summed E-state index contributed by atoms with van der Waals surface area (Å²) in [6.45, 7) is 6.55. The predicted octanol–water partition coefficient (Wildman–Crippen LogP) is 3.79. The van der Waals surface area contributed by atoms with E-state index in [1.54, 1.807) is 17.5 Å². The van der Waals surface area contributed by atoms with Crippen LogP contribution in [0, 0.1) is 5.92 Å². The van der Waals surface area contributed by atoms with Crippen molar-refractivity contribution in [2.45, 2.75) is 26.7 Å². The molecule has 1 atom stereocenters. The molecule has 0 aliphatic rings. The van der Waals surface area contributed by atoms with Crippen LogP contribution < -0.4 is 10.6 Å². The number of pyridine rings is 1. The first-order valence-electron chi connectivity index (χ1n) is 9.53. The first-order valence-corrected chi connectivity index (χ1v) is 10.4. The lowest BCUT2D eigenvalue weighted by atomic mass is 10.1. The van der Waals surface area contributed by atoms with E-state index in [9.17, 15) is 0 Å². The molecule has 0 amide bonds. The molecule has 3 aromatic rings. The number of guanidine groups is 1. The number of nitrogens with one attached hydrogen (secondary N) is 2. The van der Waals surface area contributed by atoms with Gasteiger partial charge in [0.15, 0.2) is 11.8 Å². The van der Waals surface area contributed by atoms with Gasteiger partial charge in [-0.1, -0.05) is 24.2 Å². The van der Waals surface area contributed by atoms with Crippen molar-refractivity contribution >= 4 is 41.3 Å². The Morgan fingerprint density at radius 1 is 1.24 bits per heavy atom. The van der Waals surface area contributed by atoms with E-state index in [4.69, 9.17) is 9.52 Å². The predicted molar refractivity (Wildman–Crippen MR) is 128 cm³/mol. The average Bonchev–Trinajstić information content (AvgIpc) is 3.39. The van der Waals surface area contributed by atoms with Gasteiger partial charge in [-0.2, -0.15) is 4.98 Å². The Bertz CT molecular complexity index is 853. The van der Waals surface area contributed by atoms with Gasteiger partial charge in [0.25, 0.3) is 5.89 Å². The Morgan fingerprint density at radius 3 is 2.86 bits per heavy atom. The van der Waals surface area contributed by atoms with Crippen LogP contribution in [0.4, 0.5) is 0 Å². The normalized spacial score (nSPS) is 12.3. The quantitative estimate of drug-likeness (QED) is 0.251. The molecule has 0 aliphatic heterocycles. The zero-order valence-corrected chi connectivity index (χ0v) is 19.8. The van der Waals surface area contributed by atoms with Gasteiger partial charge in [-0.3, -0.25) is 9.98 Å². The summed E-state index contributed by atoms with van der Waals surface area (Å²) in [4.78, 5) is 14.7. The number of thiophene rings is 1. The van der Waals surface area contributed by atoms with Crippen molar-refractivity contribution in [2.24, 2.45) is 10.9 Å². The van der Waals surface area contributed by atoms with Crippen molar-refractivity contribution < 1.29 is 4.52 Å². The zero-order valence-electron chi connectivity index (χ0n) is 16.7. The maximum Gasteiger partial charge on any atom is 0.276 e. The molecule has 0 saturated heterocycles. The van der Waals surface area contributed by atoms with Crippen LogP contribution in [0.2, 0.25) is 0 Å². The fourth-order valence-electron chi connectivity index (χ4n) is 2.67. The summed E-state index contributed by atoms with van der Waals surface area (Å²) >= 11 is 1.80. The first-order chi connectivity index (χ1) is 13.7. The van der Waals surface area contributed by atoms with Gasteiger partial charge in [0.2, 0.25) is 0 Å². The Kier molecular flexibility index (Phi) is 10.1. The Balaban J connectivity index is 0.00000300. The summed E-state index contributed by atoms with van der Waals surface area (Å²) in [6.07, 6.45) is 3.41. The minimum atomic E-state index is 0. The van der Waals surface area contributed by atoms with Crippen LogP contribution in [0.1, 0.15) is 24.5 Å². The minimum Gasteiger partial charge on any atom is -0.357 e. The summed E-state index contributed by atoms with van der Waals surface area (Å²) in [5, 5.41) is 12.8. The fourth-order valence-corrected chi connectivity index (χ4v) is 3.54. The van der Waals surface area contributed by atoms with Crippen LogP contribution >= 0.6 is 35.3 Å². The monoisotopic (exact) mass is 526 g/mol. The van der Waals surface area contributed by atoms with Crippen molar-refractivity contribution in [2.75, 3.05) is 19.6 Å². The SMILES string of the molecule is CCNC(=NCC(C)Cc1cccs1)NCCc1noc(-c2ccccn2)n1.I. The maximum atomic E-state index is 5.29. The third kappa shape index (κ3) is 7.73. The number of hydrogen-bond donors (Lipinski definition) is 2. The molecule has 0 spiro atoms. The van der Waals surface area contributed by atoms with E-state index < -0.39 is 0 Å². The van der Waals surface area contributed by atoms with Gasteiger partial charge < -0.3 is 15.2 Å². The third-order valence-corrected chi connectivity index (χ3v) is 4.93. The highest BCUT2D eigenvalue weighted by Gasteiger charge is 2.10. The number of halogens is 1. The number of aliphatic imine (C=N–C) groups is 1. The van der Waals surface area contributed by atoms with Crippen molar-refractivity contribution in [1.29, 1.82) is 0 Å². The summed E-state index contributed by atoms with van der Waals surface area (Å²) in [7, 11) is 0. The van der Waals surface area contributed by atoms with Gasteiger partial charge in [-0.25, -0.2) is 0 Å². The molecular formula is C20H27IN6OS. The van der Waals surface area contributed by atoms with E-state index in [0.717, 1.165) is 25.5 Å². The highest BCUT2D eigenvalue weighted by atomic mass is 127. The molecule has 0 fully saturated rings. The second-order valence-electron chi connectivity index (χ2n) is 6.52. The Labute approximate surface area is 192 Å². The molecule has 0 radical (unpaired) electrons. The van der Waals surface area contributed by atoms with Crippen LogP contribution in [0.5, 0.6) is 0 Å². The van der Waals surface area contributed by atoms with Crippen molar-refractivity contribution in [3.8, 4) is 11.6 Å². The third-order valence-electron chi connectivity index (χ3n) is 4.03. The van der Waals surface area contributed by atoms with Gasteiger partial charge in [0, 0.05) is 37.1 Å². The number of hydrogen-bond acceptors (Lipinski definition) is 6. The van der Waals surface area contributed by atoms with Crippen LogP contribution in [0.15, 0.2) is 51.4 Å². The molecule has 3 aromatic heterocycles. The van der Waals surface area contributed by atoms with E-state index in [0.29, 0.717) is 36.3 Å². The van der Waals surface area contributed by atoms with E-state index in [1.807, 2.05) is 18.2 Å². The smallest absolute Gasteiger partial charge is 0.276 e. The summed E-state index contributed by atoms with van der Waals surface area (Å²) in [6, 6.07) is 9.88. The van der Waals surface area contributed by atoms with Gasteiger partial charge in [0.05, 0.1) is 0 Å². The highest BCUT2D eigenvalue weighted by molar-refractivity contribution is 14.0. The van der Waals surface area contributed by atoms with Crippen molar-refractivity contribution in [3.05, 3.63) is 52.6 Å². The highest BCUT2D eigenvalue weighted by Crippen LogP contribution is 2.15. The molecule has 3 heterocycles. The molecular weight excluding hydrogens is 499 g/mol. The molecule has 0 saturated carbocycles. The second kappa shape index (κ2) is 12.5. The van der Waals surface area contributed by atoms with Gasteiger partial charge in [-0.15, -0.1) is 35.3 Å². The lowest BCUT2D eigenvalue weighted by molar-refractivity contribution is 0.421. The summed E-state index contributed by atoms with van der Waals surface area (Å²) < 4.78 is 5.29. The Hall–Kier alpha value is -2.01. The zero-order chi connectivity index (χ0) is 19.6. The molecule has 7 nitrogen and oxygen atoms in total. The Morgan fingerprint density at radius 2 is 2.14 bits per heavy atom. The molecule has 0 bridgehead atoms. The van der Waals surface area contributed by atoms with Crippen LogP contribution in [0.3, 0.4) is 0 Å². The maximum absolute atomic E-state index is 5.29. The van der Waals surface area contributed by atoms with Gasteiger partial charge in [-0.05, 0) is 42.8 Å². The van der Waals surface area contributed by atoms with Crippen LogP contribution in [0.25, 0.3) is 11.6 Å².